The lowest BCUT2D eigenvalue weighted by atomic mass is 10.0. The van der Waals surface area contributed by atoms with Gasteiger partial charge >= 0.3 is 6.09 Å². The van der Waals surface area contributed by atoms with Crippen molar-refractivity contribution in [1.82, 2.24) is 15.3 Å². The van der Waals surface area contributed by atoms with Crippen molar-refractivity contribution in [2.24, 2.45) is 0 Å². The fourth-order valence-electron chi connectivity index (χ4n) is 3.00. The van der Waals surface area contributed by atoms with Crippen molar-refractivity contribution in [2.45, 2.75) is 45.3 Å². The summed E-state index contributed by atoms with van der Waals surface area (Å²) in [5.74, 6) is 0. The molecule has 1 saturated heterocycles. The molecule has 3 heterocycles. The Labute approximate surface area is 146 Å². The van der Waals surface area contributed by atoms with Gasteiger partial charge in [-0.1, -0.05) is 11.6 Å². The van der Waals surface area contributed by atoms with Crippen LogP contribution in [-0.2, 0) is 4.74 Å². The molecule has 24 heavy (non-hydrogen) atoms. The van der Waals surface area contributed by atoms with Gasteiger partial charge in [0.25, 0.3) is 0 Å². The predicted octanol–water partition coefficient (Wildman–Crippen LogP) is 3.71. The van der Waals surface area contributed by atoms with Gasteiger partial charge in [-0.15, -0.1) is 0 Å². The summed E-state index contributed by atoms with van der Waals surface area (Å²) in [5.41, 5.74) is 1.41. The van der Waals surface area contributed by atoms with Gasteiger partial charge in [0.1, 0.15) is 11.2 Å². The van der Waals surface area contributed by atoms with Crippen LogP contribution in [-0.4, -0.2) is 40.8 Å². The summed E-state index contributed by atoms with van der Waals surface area (Å²) in [6.45, 7) is 7.29. The van der Waals surface area contributed by atoms with Crippen LogP contribution < -0.4 is 10.2 Å². The molecular weight excluding hydrogens is 328 g/mol. The third kappa shape index (κ3) is 3.75. The van der Waals surface area contributed by atoms with Crippen LogP contribution in [0.3, 0.4) is 0 Å². The fourth-order valence-corrected chi connectivity index (χ4v) is 3.24. The minimum atomic E-state index is -0.474. The molecule has 0 bridgehead atoms. The van der Waals surface area contributed by atoms with Crippen LogP contribution in [0.25, 0.3) is 11.0 Å². The Bertz CT molecular complexity index is 730. The number of ether oxygens (including phenoxy) is 1. The van der Waals surface area contributed by atoms with Gasteiger partial charge in [0, 0.05) is 31.5 Å². The SMILES string of the molecule is CC(C)(C)OC(=O)NC1CCN(c2ccnc3[nH]cc(Cl)c23)CC1. The summed E-state index contributed by atoms with van der Waals surface area (Å²) in [7, 11) is 0. The van der Waals surface area contributed by atoms with Crippen molar-refractivity contribution in [3.63, 3.8) is 0 Å². The molecule has 0 radical (unpaired) electrons. The van der Waals surface area contributed by atoms with Gasteiger partial charge in [-0.25, -0.2) is 9.78 Å². The molecule has 130 valence electrons. The monoisotopic (exact) mass is 350 g/mol. The van der Waals surface area contributed by atoms with E-state index in [9.17, 15) is 4.79 Å². The lowest BCUT2D eigenvalue weighted by Crippen LogP contribution is -2.46. The minimum Gasteiger partial charge on any atom is -0.444 e. The number of amides is 1. The molecule has 0 unspecified atom stereocenters. The number of nitrogens with zero attached hydrogens (tertiary/aromatic N) is 2. The number of pyridine rings is 1. The van der Waals surface area contributed by atoms with E-state index in [4.69, 9.17) is 16.3 Å². The summed E-state index contributed by atoms with van der Waals surface area (Å²) < 4.78 is 5.32. The molecule has 1 amide bonds. The minimum absolute atomic E-state index is 0.134. The number of anilines is 1. The van der Waals surface area contributed by atoms with Crippen molar-refractivity contribution in [2.75, 3.05) is 18.0 Å². The summed E-state index contributed by atoms with van der Waals surface area (Å²) in [5, 5.41) is 4.60. The van der Waals surface area contributed by atoms with Crippen LogP contribution in [0.15, 0.2) is 18.5 Å². The summed E-state index contributed by atoms with van der Waals surface area (Å²) >= 11 is 6.28. The smallest absolute Gasteiger partial charge is 0.407 e. The van der Waals surface area contributed by atoms with Crippen molar-refractivity contribution < 1.29 is 9.53 Å². The molecule has 2 aromatic heterocycles. The Morgan fingerprint density at radius 3 is 2.79 bits per heavy atom. The average molecular weight is 351 g/mol. The molecule has 1 fully saturated rings. The highest BCUT2D eigenvalue weighted by atomic mass is 35.5. The normalized spacial score (nSPS) is 16.4. The number of H-pyrrole nitrogens is 1. The van der Waals surface area contributed by atoms with Crippen molar-refractivity contribution in [3.05, 3.63) is 23.5 Å². The molecule has 1 aliphatic rings. The Morgan fingerprint density at radius 1 is 1.42 bits per heavy atom. The topological polar surface area (TPSA) is 70.2 Å². The molecule has 2 N–H and O–H groups in total. The molecular formula is C17H23ClN4O2. The first kappa shape index (κ1) is 16.9. The maximum absolute atomic E-state index is 11.9. The summed E-state index contributed by atoms with van der Waals surface area (Å²) in [6, 6.07) is 2.12. The van der Waals surface area contributed by atoms with E-state index < -0.39 is 5.60 Å². The number of aromatic nitrogens is 2. The van der Waals surface area contributed by atoms with Gasteiger partial charge in [-0.05, 0) is 39.7 Å². The van der Waals surface area contributed by atoms with Gasteiger partial charge in [0.05, 0.1) is 16.1 Å². The second kappa shape index (κ2) is 6.51. The number of halogens is 1. The maximum Gasteiger partial charge on any atom is 0.407 e. The van der Waals surface area contributed by atoms with Gasteiger partial charge in [0.2, 0.25) is 0 Å². The molecule has 1 aliphatic heterocycles. The van der Waals surface area contributed by atoms with E-state index in [0.29, 0.717) is 5.02 Å². The lowest BCUT2D eigenvalue weighted by molar-refractivity contribution is 0.0497. The number of alkyl carbamates (subject to hydrolysis) is 1. The van der Waals surface area contributed by atoms with Crippen LogP contribution in [0.1, 0.15) is 33.6 Å². The summed E-state index contributed by atoms with van der Waals surface area (Å²) in [6.07, 6.45) is 4.94. The van der Waals surface area contributed by atoms with Crippen molar-refractivity contribution in [1.29, 1.82) is 0 Å². The van der Waals surface area contributed by atoms with Crippen LogP contribution in [0.5, 0.6) is 0 Å². The number of hydrogen-bond acceptors (Lipinski definition) is 4. The highest BCUT2D eigenvalue weighted by Gasteiger charge is 2.25. The second-order valence-electron chi connectivity index (χ2n) is 7.10. The third-order valence-corrected chi connectivity index (χ3v) is 4.36. The van der Waals surface area contributed by atoms with E-state index in [-0.39, 0.29) is 12.1 Å². The Hall–Kier alpha value is -1.95. The molecule has 0 atom stereocenters. The average Bonchev–Trinajstić information content (AvgIpc) is 2.88. The molecule has 0 aliphatic carbocycles. The largest absolute Gasteiger partial charge is 0.444 e. The number of aromatic amines is 1. The molecule has 0 spiro atoms. The standard InChI is InChI=1S/C17H23ClN4O2/c1-17(2,3)24-16(23)21-11-5-8-22(9-6-11)13-4-7-19-15-14(13)12(18)10-20-15/h4,7,10-11H,5-6,8-9H2,1-3H3,(H,19,20)(H,21,23). The molecule has 6 nitrogen and oxygen atoms in total. The number of carbonyl (C=O) groups excluding carboxylic acids is 1. The van der Waals surface area contributed by atoms with Crippen molar-refractivity contribution in [3.8, 4) is 0 Å². The van der Waals surface area contributed by atoms with E-state index in [1.807, 2.05) is 26.8 Å². The first-order valence-electron chi connectivity index (χ1n) is 8.19. The van der Waals surface area contributed by atoms with E-state index in [2.05, 4.69) is 20.2 Å². The first-order chi connectivity index (χ1) is 11.3. The Balaban J connectivity index is 1.63. The zero-order chi connectivity index (χ0) is 17.3. The number of piperidine rings is 1. The quantitative estimate of drug-likeness (QED) is 0.866. The zero-order valence-electron chi connectivity index (χ0n) is 14.2. The maximum atomic E-state index is 11.9. The molecule has 0 aromatic carbocycles. The van der Waals surface area contributed by atoms with E-state index in [1.165, 1.54) is 0 Å². The highest BCUT2D eigenvalue weighted by Crippen LogP contribution is 2.32. The van der Waals surface area contributed by atoms with E-state index in [0.717, 1.165) is 42.7 Å². The van der Waals surface area contributed by atoms with E-state index in [1.54, 1.807) is 12.4 Å². The Morgan fingerprint density at radius 2 is 2.12 bits per heavy atom. The number of fused-ring (bicyclic) bond motifs is 1. The predicted molar refractivity (Wildman–Crippen MR) is 95.7 cm³/mol. The van der Waals surface area contributed by atoms with Crippen LogP contribution >= 0.6 is 11.6 Å². The second-order valence-corrected chi connectivity index (χ2v) is 7.51. The summed E-state index contributed by atoms with van der Waals surface area (Å²) in [4.78, 5) is 21.6. The van der Waals surface area contributed by atoms with Gasteiger partial charge in [-0.3, -0.25) is 0 Å². The van der Waals surface area contributed by atoms with Crippen LogP contribution in [0.4, 0.5) is 10.5 Å². The number of hydrogen-bond donors (Lipinski definition) is 2. The number of carbonyl (C=O) groups is 1. The van der Waals surface area contributed by atoms with Crippen LogP contribution in [0, 0.1) is 0 Å². The fraction of sp³-hybridized carbons (Fsp3) is 0.529. The van der Waals surface area contributed by atoms with E-state index >= 15 is 0 Å². The van der Waals surface area contributed by atoms with Gasteiger partial charge < -0.3 is 19.9 Å². The molecule has 3 rings (SSSR count). The third-order valence-electron chi connectivity index (χ3n) is 4.06. The van der Waals surface area contributed by atoms with Gasteiger partial charge in [-0.2, -0.15) is 0 Å². The van der Waals surface area contributed by atoms with Crippen LogP contribution in [0.2, 0.25) is 5.02 Å². The lowest BCUT2D eigenvalue weighted by Gasteiger charge is -2.34. The zero-order valence-corrected chi connectivity index (χ0v) is 15.0. The molecule has 0 saturated carbocycles. The Kier molecular flexibility index (Phi) is 4.58. The van der Waals surface area contributed by atoms with Crippen molar-refractivity contribution >= 4 is 34.4 Å². The van der Waals surface area contributed by atoms with Gasteiger partial charge in [0.15, 0.2) is 0 Å². The highest BCUT2D eigenvalue weighted by molar-refractivity contribution is 6.36. The number of rotatable bonds is 2. The number of nitrogens with one attached hydrogen (secondary N) is 2. The molecule has 2 aromatic rings. The first-order valence-corrected chi connectivity index (χ1v) is 8.57. The molecule has 7 heteroatoms.